The van der Waals surface area contributed by atoms with Crippen molar-refractivity contribution in [3.63, 3.8) is 0 Å². The molecule has 2 N–H and O–H groups in total. The van der Waals surface area contributed by atoms with E-state index in [-0.39, 0.29) is 28.6 Å². The molecule has 2 aromatic carbocycles. The minimum Gasteiger partial charge on any atom is -0.508 e. The fourth-order valence-electron chi connectivity index (χ4n) is 2.13. The Labute approximate surface area is 120 Å². The van der Waals surface area contributed by atoms with Gasteiger partial charge in [0.05, 0.1) is 7.11 Å². The van der Waals surface area contributed by atoms with Crippen LogP contribution in [0.3, 0.4) is 0 Å². The summed E-state index contributed by atoms with van der Waals surface area (Å²) in [6, 6.07) is 9.49. The zero-order valence-electron chi connectivity index (χ0n) is 11.2. The molecule has 0 spiro atoms. The first-order chi connectivity index (χ1) is 10.1. The number of carbonyl (C=O) groups excluding carboxylic acids is 1. The first-order valence-electron chi connectivity index (χ1n) is 6.23. The van der Waals surface area contributed by atoms with Crippen molar-refractivity contribution in [2.45, 2.75) is 0 Å². The summed E-state index contributed by atoms with van der Waals surface area (Å²) >= 11 is 0. The predicted molar refractivity (Wildman–Crippen MR) is 75.7 cm³/mol. The Morgan fingerprint density at radius 2 is 1.86 bits per heavy atom. The highest BCUT2D eigenvalue weighted by molar-refractivity contribution is 6.16. The highest BCUT2D eigenvalue weighted by atomic mass is 16.5. The van der Waals surface area contributed by atoms with Crippen molar-refractivity contribution in [3.8, 4) is 23.0 Å². The number of ketones is 1. The van der Waals surface area contributed by atoms with Gasteiger partial charge in [0, 0.05) is 12.1 Å². The largest absolute Gasteiger partial charge is 0.508 e. The summed E-state index contributed by atoms with van der Waals surface area (Å²) in [6.07, 6.45) is 1.57. The Morgan fingerprint density at radius 3 is 2.52 bits per heavy atom. The topological polar surface area (TPSA) is 76.0 Å². The minimum absolute atomic E-state index is 0.0626. The van der Waals surface area contributed by atoms with E-state index in [9.17, 15) is 15.0 Å². The van der Waals surface area contributed by atoms with Crippen LogP contribution in [0.2, 0.25) is 0 Å². The van der Waals surface area contributed by atoms with E-state index in [0.717, 1.165) is 11.6 Å². The van der Waals surface area contributed by atoms with E-state index in [1.807, 2.05) is 0 Å². The number of hydrogen-bond donors (Lipinski definition) is 2. The van der Waals surface area contributed by atoms with Crippen LogP contribution < -0.4 is 9.47 Å². The van der Waals surface area contributed by atoms with Crippen LogP contribution in [0.1, 0.15) is 15.9 Å². The number of Topliss-reactive ketones (excluding diaryl/α,β-unsaturated/α-hetero) is 1. The number of ether oxygens (including phenoxy) is 2. The predicted octanol–water partition coefficient (Wildman–Crippen LogP) is 2.72. The lowest BCUT2D eigenvalue weighted by molar-refractivity contribution is 0.101. The maximum Gasteiger partial charge on any atom is 0.235 e. The number of aromatic hydroxyl groups is 2. The van der Waals surface area contributed by atoms with Crippen LogP contribution in [0.4, 0.5) is 0 Å². The van der Waals surface area contributed by atoms with Crippen LogP contribution in [0.5, 0.6) is 23.0 Å². The van der Waals surface area contributed by atoms with E-state index in [4.69, 9.17) is 9.47 Å². The van der Waals surface area contributed by atoms with Crippen molar-refractivity contribution in [1.82, 2.24) is 0 Å². The van der Waals surface area contributed by atoms with Gasteiger partial charge in [0.2, 0.25) is 5.78 Å². The van der Waals surface area contributed by atoms with Gasteiger partial charge in [0.25, 0.3) is 0 Å². The van der Waals surface area contributed by atoms with E-state index in [1.54, 1.807) is 37.5 Å². The number of phenols is 2. The summed E-state index contributed by atoms with van der Waals surface area (Å²) in [5.41, 5.74) is 0.822. The fourth-order valence-corrected chi connectivity index (χ4v) is 2.13. The maximum absolute atomic E-state index is 12.2. The van der Waals surface area contributed by atoms with Gasteiger partial charge in [-0.05, 0) is 23.8 Å². The molecule has 0 fully saturated rings. The van der Waals surface area contributed by atoms with E-state index >= 15 is 0 Å². The third-order valence-corrected chi connectivity index (χ3v) is 3.15. The van der Waals surface area contributed by atoms with Crippen molar-refractivity contribution in [3.05, 3.63) is 53.3 Å². The van der Waals surface area contributed by atoms with Crippen LogP contribution in [0.15, 0.2) is 42.2 Å². The molecule has 1 aliphatic heterocycles. The van der Waals surface area contributed by atoms with Crippen molar-refractivity contribution < 1.29 is 24.5 Å². The minimum atomic E-state index is -0.418. The van der Waals surface area contributed by atoms with Gasteiger partial charge in [-0.15, -0.1) is 0 Å². The summed E-state index contributed by atoms with van der Waals surface area (Å²) in [7, 11) is 1.57. The van der Waals surface area contributed by atoms with Crippen LogP contribution in [-0.2, 0) is 0 Å². The Balaban J connectivity index is 1.96. The molecule has 3 rings (SSSR count). The number of methoxy groups -OCH3 is 1. The average Bonchev–Trinajstić information content (AvgIpc) is 2.76. The molecule has 0 aromatic heterocycles. The number of fused-ring (bicyclic) bond motifs is 1. The van der Waals surface area contributed by atoms with Gasteiger partial charge in [-0.25, -0.2) is 0 Å². The van der Waals surface area contributed by atoms with Crippen LogP contribution in [0, 0.1) is 0 Å². The third kappa shape index (κ3) is 2.29. The summed E-state index contributed by atoms with van der Waals surface area (Å²) in [5.74, 6) is 0.0752. The number of hydrogen-bond acceptors (Lipinski definition) is 5. The standard InChI is InChI=1S/C16H12O5/c1-20-11-4-2-9(3-5-11)6-14-16(19)15-12(18)7-10(17)8-13(15)21-14/h2-8,17-18H,1H3. The maximum atomic E-state index is 12.2. The molecule has 106 valence electrons. The van der Waals surface area contributed by atoms with Crippen molar-refractivity contribution in [1.29, 1.82) is 0 Å². The van der Waals surface area contributed by atoms with Gasteiger partial charge in [0.1, 0.15) is 28.6 Å². The average molecular weight is 284 g/mol. The molecule has 5 nitrogen and oxygen atoms in total. The van der Waals surface area contributed by atoms with Gasteiger partial charge >= 0.3 is 0 Å². The van der Waals surface area contributed by atoms with Crippen LogP contribution >= 0.6 is 0 Å². The summed E-state index contributed by atoms with van der Waals surface area (Å²) in [5, 5.41) is 19.1. The van der Waals surface area contributed by atoms with Gasteiger partial charge in [0.15, 0.2) is 5.76 Å². The number of benzene rings is 2. The number of rotatable bonds is 2. The Hall–Kier alpha value is -2.95. The Kier molecular flexibility index (Phi) is 3.02. The monoisotopic (exact) mass is 284 g/mol. The molecule has 0 bridgehead atoms. The zero-order valence-corrected chi connectivity index (χ0v) is 11.2. The molecule has 1 aliphatic rings. The normalized spacial score (nSPS) is 14.9. The number of phenolic OH excluding ortho intramolecular Hbond substituents is 2. The Bertz CT molecular complexity index is 744. The van der Waals surface area contributed by atoms with E-state index in [0.29, 0.717) is 5.75 Å². The molecular weight excluding hydrogens is 272 g/mol. The molecule has 0 amide bonds. The summed E-state index contributed by atoms with van der Waals surface area (Å²) in [6.45, 7) is 0. The molecule has 0 aliphatic carbocycles. The SMILES string of the molecule is COc1ccc(C=C2Oc3cc(O)cc(O)c3C2=O)cc1. The van der Waals surface area contributed by atoms with Gasteiger partial charge < -0.3 is 19.7 Å². The lowest BCUT2D eigenvalue weighted by Gasteiger charge is -2.01. The molecule has 1 heterocycles. The van der Waals surface area contributed by atoms with Crippen LogP contribution in [-0.4, -0.2) is 23.1 Å². The van der Waals surface area contributed by atoms with Crippen LogP contribution in [0.25, 0.3) is 6.08 Å². The molecule has 21 heavy (non-hydrogen) atoms. The fraction of sp³-hybridized carbons (Fsp3) is 0.0625. The molecule has 5 heteroatoms. The first-order valence-corrected chi connectivity index (χ1v) is 6.23. The molecule has 2 aromatic rings. The van der Waals surface area contributed by atoms with Gasteiger partial charge in [-0.3, -0.25) is 4.79 Å². The van der Waals surface area contributed by atoms with E-state index < -0.39 is 5.78 Å². The molecule has 0 radical (unpaired) electrons. The lowest BCUT2D eigenvalue weighted by Crippen LogP contribution is -1.98. The Morgan fingerprint density at radius 1 is 1.14 bits per heavy atom. The second kappa shape index (κ2) is 4.86. The van der Waals surface area contributed by atoms with Crippen molar-refractivity contribution in [2.24, 2.45) is 0 Å². The molecular formula is C16H12O5. The molecule has 0 saturated heterocycles. The molecule has 0 atom stereocenters. The second-order valence-corrected chi connectivity index (χ2v) is 4.55. The quantitative estimate of drug-likeness (QED) is 0.829. The zero-order chi connectivity index (χ0) is 15.0. The van der Waals surface area contributed by atoms with Gasteiger partial charge in [-0.1, -0.05) is 12.1 Å². The summed E-state index contributed by atoms with van der Waals surface area (Å²) in [4.78, 5) is 12.2. The lowest BCUT2D eigenvalue weighted by atomic mass is 10.1. The van der Waals surface area contributed by atoms with Gasteiger partial charge in [-0.2, -0.15) is 0 Å². The highest BCUT2D eigenvalue weighted by Gasteiger charge is 2.31. The second-order valence-electron chi connectivity index (χ2n) is 4.55. The number of carbonyl (C=O) groups is 1. The third-order valence-electron chi connectivity index (χ3n) is 3.15. The molecule has 0 unspecified atom stereocenters. The first kappa shape index (κ1) is 13.1. The smallest absolute Gasteiger partial charge is 0.235 e. The van der Waals surface area contributed by atoms with Crippen molar-refractivity contribution >= 4 is 11.9 Å². The van der Waals surface area contributed by atoms with Crippen molar-refractivity contribution in [2.75, 3.05) is 7.11 Å². The highest BCUT2D eigenvalue weighted by Crippen LogP contribution is 2.40. The number of allylic oxidation sites excluding steroid dienone is 1. The molecule has 0 saturated carbocycles. The van der Waals surface area contributed by atoms with E-state index in [2.05, 4.69) is 0 Å². The van der Waals surface area contributed by atoms with E-state index in [1.165, 1.54) is 6.07 Å². The summed E-state index contributed by atoms with van der Waals surface area (Å²) < 4.78 is 10.5.